The summed E-state index contributed by atoms with van der Waals surface area (Å²) >= 11 is 0. The van der Waals surface area contributed by atoms with Crippen molar-refractivity contribution < 1.29 is 39.3 Å². The van der Waals surface area contributed by atoms with Crippen molar-refractivity contribution in [2.75, 3.05) is 0 Å². The molecule has 92 valence electrons. The Labute approximate surface area is 122 Å². The Kier molecular flexibility index (Phi) is 4.96. The molecule has 2 aromatic carbocycles. The SMILES string of the molecule is O=C(O)c1ccc(-c2ccc(C(=O)O)cc2)cc1.[Zn]. The molecule has 2 rings (SSSR count). The van der Waals surface area contributed by atoms with Gasteiger partial charge in [0.15, 0.2) is 0 Å². The number of carbonyl (C=O) groups is 2. The van der Waals surface area contributed by atoms with Crippen LogP contribution in [0.2, 0.25) is 0 Å². The minimum Gasteiger partial charge on any atom is -0.478 e. The molecule has 0 atom stereocenters. The van der Waals surface area contributed by atoms with Crippen molar-refractivity contribution >= 4 is 11.9 Å². The van der Waals surface area contributed by atoms with Crippen LogP contribution in [0.1, 0.15) is 20.7 Å². The van der Waals surface area contributed by atoms with E-state index >= 15 is 0 Å². The molecule has 0 bridgehead atoms. The molecule has 0 aliphatic rings. The number of carboxylic acid groups (broad SMARTS) is 2. The van der Waals surface area contributed by atoms with Gasteiger partial charge in [0, 0.05) is 19.5 Å². The first kappa shape index (κ1) is 15.1. The summed E-state index contributed by atoms with van der Waals surface area (Å²) in [5.41, 5.74) is 2.13. The summed E-state index contributed by atoms with van der Waals surface area (Å²) in [6.07, 6.45) is 0. The Morgan fingerprint density at radius 1 is 0.632 bits per heavy atom. The van der Waals surface area contributed by atoms with Crippen molar-refractivity contribution in [3.05, 3.63) is 59.7 Å². The second kappa shape index (κ2) is 6.25. The van der Waals surface area contributed by atoms with Crippen LogP contribution < -0.4 is 0 Å². The minimum atomic E-state index is -0.970. The molecule has 0 aromatic heterocycles. The molecule has 0 amide bonds. The summed E-state index contributed by atoms with van der Waals surface area (Å²) in [5, 5.41) is 17.6. The number of benzene rings is 2. The first-order valence-electron chi connectivity index (χ1n) is 5.25. The van der Waals surface area contributed by atoms with Gasteiger partial charge in [0.2, 0.25) is 0 Å². The Morgan fingerprint density at radius 2 is 0.895 bits per heavy atom. The van der Waals surface area contributed by atoms with Crippen LogP contribution in [-0.4, -0.2) is 22.2 Å². The fraction of sp³-hybridized carbons (Fsp3) is 0. The van der Waals surface area contributed by atoms with Crippen molar-refractivity contribution in [1.82, 2.24) is 0 Å². The Morgan fingerprint density at radius 3 is 1.11 bits per heavy atom. The van der Waals surface area contributed by atoms with E-state index in [1.165, 1.54) is 24.3 Å². The standard InChI is InChI=1S/C14H10O4.Zn/c15-13(16)11-5-1-9(2-6-11)10-3-7-12(8-4-10)14(17)18;/h1-8H,(H,15,16)(H,17,18);. The van der Waals surface area contributed by atoms with E-state index in [2.05, 4.69) is 0 Å². The summed E-state index contributed by atoms with van der Waals surface area (Å²) in [6, 6.07) is 12.8. The maximum Gasteiger partial charge on any atom is 0.335 e. The number of hydrogen-bond acceptors (Lipinski definition) is 2. The third-order valence-corrected chi connectivity index (χ3v) is 2.60. The van der Waals surface area contributed by atoms with Crippen LogP contribution in [-0.2, 0) is 19.5 Å². The van der Waals surface area contributed by atoms with Crippen LogP contribution in [0.5, 0.6) is 0 Å². The van der Waals surface area contributed by atoms with E-state index in [0.717, 1.165) is 11.1 Å². The quantitative estimate of drug-likeness (QED) is 0.855. The summed E-state index contributed by atoms with van der Waals surface area (Å²) in [5.74, 6) is -1.94. The van der Waals surface area contributed by atoms with Gasteiger partial charge in [-0.1, -0.05) is 24.3 Å². The van der Waals surface area contributed by atoms with Gasteiger partial charge in [-0.25, -0.2) is 9.59 Å². The molecule has 0 aliphatic heterocycles. The normalized spacial score (nSPS) is 9.47. The van der Waals surface area contributed by atoms with E-state index in [4.69, 9.17) is 10.2 Å². The zero-order chi connectivity index (χ0) is 13.1. The third-order valence-electron chi connectivity index (χ3n) is 2.60. The molecule has 0 heterocycles. The van der Waals surface area contributed by atoms with Gasteiger partial charge in [0.1, 0.15) is 0 Å². The van der Waals surface area contributed by atoms with E-state index in [0.29, 0.717) is 0 Å². The van der Waals surface area contributed by atoms with Crippen LogP contribution in [0.15, 0.2) is 48.5 Å². The van der Waals surface area contributed by atoms with Gasteiger partial charge < -0.3 is 10.2 Å². The minimum absolute atomic E-state index is 0. The van der Waals surface area contributed by atoms with Crippen LogP contribution >= 0.6 is 0 Å². The monoisotopic (exact) mass is 306 g/mol. The van der Waals surface area contributed by atoms with E-state index in [-0.39, 0.29) is 30.6 Å². The average Bonchev–Trinajstić information content (AvgIpc) is 2.39. The van der Waals surface area contributed by atoms with E-state index < -0.39 is 11.9 Å². The van der Waals surface area contributed by atoms with Crippen molar-refractivity contribution in [1.29, 1.82) is 0 Å². The fourth-order valence-electron chi connectivity index (χ4n) is 1.61. The topological polar surface area (TPSA) is 74.6 Å². The van der Waals surface area contributed by atoms with Gasteiger partial charge in [-0.3, -0.25) is 0 Å². The summed E-state index contributed by atoms with van der Waals surface area (Å²) in [4.78, 5) is 21.4. The van der Waals surface area contributed by atoms with Gasteiger partial charge in [-0.05, 0) is 35.4 Å². The Bertz CT molecular complexity index is 532. The average molecular weight is 308 g/mol. The van der Waals surface area contributed by atoms with Crippen molar-refractivity contribution in [3.8, 4) is 11.1 Å². The maximum absolute atomic E-state index is 10.7. The second-order valence-corrected chi connectivity index (χ2v) is 3.77. The molecular formula is C14H10O4Zn. The molecule has 0 saturated heterocycles. The zero-order valence-electron chi connectivity index (χ0n) is 10.0. The number of hydrogen-bond donors (Lipinski definition) is 2. The molecule has 0 aliphatic carbocycles. The Balaban J connectivity index is 0.00000180. The van der Waals surface area contributed by atoms with E-state index in [1.807, 2.05) is 0 Å². The second-order valence-electron chi connectivity index (χ2n) is 3.77. The van der Waals surface area contributed by atoms with Crippen LogP contribution in [0.3, 0.4) is 0 Å². The molecule has 19 heavy (non-hydrogen) atoms. The number of aromatic carboxylic acids is 2. The van der Waals surface area contributed by atoms with Crippen LogP contribution in [0.25, 0.3) is 11.1 Å². The molecule has 0 saturated carbocycles. The molecule has 4 nitrogen and oxygen atoms in total. The zero-order valence-corrected chi connectivity index (χ0v) is 13.0. The molecule has 0 radical (unpaired) electrons. The predicted octanol–water partition coefficient (Wildman–Crippen LogP) is 2.75. The largest absolute Gasteiger partial charge is 0.478 e. The summed E-state index contributed by atoms with van der Waals surface area (Å²) in [7, 11) is 0. The number of rotatable bonds is 3. The van der Waals surface area contributed by atoms with Gasteiger partial charge >= 0.3 is 11.9 Å². The van der Waals surface area contributed by atoms with Gasteiger partial charge in [-0.2, -0.15) is 0 Å². The van der Waals surface area contributed by atoms with Gasteiger partial charge in [0.25, 0.3) is 0 Å². The van der Waals surface area contributed by atoms with Gasteiger partial charge in [-0.15, -0.1) is 0 Å². The molecule has 0 unspecified atom stereocenters. The first-order chi connectivity index (χ1) is 8.58. The summed E-state index contributed by atoms with van der Waals surface area (Å²) in [6.45, 7) is 0. The molecule has 5 heteroatoms. The third kappa shape index (κ3) is 3.49. The molecule has 0 fully saturated rings. The first-order valence-corrected chi connectivity index (χ1v) is 5.25. The summed E-state index contributed by atoms with van der Waals surface area (Å²) < 4.78 is 0. The van der Waals surface area contributed by atoms with Crippen molar-refractivity contribution in [3.63, 3.8) is 0 Å². The van der Waals surface area contributed by atoms with Crippen LogP contribution in [0.4, 0.5) is 0 Å². The van der Waals surface area contributed by atoms with Crippen molar-refractivity contribution in [2.45, 2.75) is 0 Å². The molecule has 0 spiro atoms. The molecule has 2 N–H and O–H groups in total. The molecule has 2 aromatic rings. The van der Waals surface area contributed by atoms with E-state index in [1.54, 1.807) is 24.3 Å². The number of carboxylic acids is 2. The smallest absolute Gasteiger partial charge is 0.335 e. The van der Waals surface area contributed by atoms with Crippen LogP contribution in [0, 0.1) is 0 Å². The fourth-order valence-corrected chi connectivity index (χ4v) is 1.61. The predicted molar refractivity (Wildman–Crippen MR) is 65.8 cm³/mol. The molecular weight excluding hydrogens is 298 g/mol. The van der Waals surface area contributed by atoms with Crippen molar-refractivity contribution in [2.24, 2.45) is 0 Å². The maximum atomic E-state index is 10.7. The Hall–Kier alpha value is -2.00. The van der Waals surface area contributed by atoms with Gasteiger partial charge in [0.05, 0.1) is 11.1 Å². The van der Waals surface area contributed by atoms with E-state index in [9.17, 15) is 9.59 Å².